The van der Waals surface area contributed by atoms with E-state index in [-0.39, 0.29) is 11.7 Å². The first-order chi connectivity index (χ1) is 12.0. The molecule has 25 heavy (non-hydrogen) atoms. The number of carbonyl (C=O) groups excluding carboxylic acids is 1. The molecule has 1 aromatic carbocycles. The summed E-state index contributed by atoms with van der Waals surface area (Å²) < 4.78 is 6.09. The van der Waals surface area contributed by atoms with Gasteiger partial charge in [-0.2, -0.15) is 0 Å². The molecule has 2 heterocycles. The number of rotatable bonds is 4. The molecule has 1 N–H and O–H groups in total. The molecule has 1 atom stereocenters. The summed E-state index contributed by atoms with van der Waals surface area (Å²) in [6.45, 7) is 1.17. The minimum Gasteiger partial charge on any atom is -0.501 e. The highest BCUT2D eigenvalue weighted by Gasteiger charge is 2.30. The summed E-state index contributed by atoms with van der Waals surface area (Å²) in [7, 11) is 3.16. The lowest BCUT2D eigenvalue weighted by Gasteiger charge is -2.33. The maximum Gasteiger partial charge on any atom is 0.360 e. The first-order valence-electron chi connectivity index (χ1n) is 8.19. The van der Waals surface area contributed by atoms with Crippen molar-refractivity contribution in [2.45, 2.75) is 32.0 Å². The number of hydrogen-bond acceptors (Lipinski definition) is 6. The van der Waals surface area contributed by atoms with Crippen molar-refractivity contribution in [1.82, 2.24) is 14.5 Å². The Morgan fingerprint density at radius 2 is 2.12 bits per heavy atom. The maximum absolute atomic E-state index is 12.4. The molecule has 132 valence electrons. The summed E-state index contributed by atoms with van der Waals surface area (Å²) in [5.74, 6) is -0.970. The summed E-state index contributed by atoms with van der Waals surface area (Å²) >= 11 is 0. The molecule has 1 aliphatic rings. The Morgan fingerprint density at radius 1 is 1.40 bits per heavy atom. The van der Waals surface area contributed by atoms with E-state index in [9.17, 15) is 14.7 Å². The van der Waals surface area contributed by atoms with Crippen molar-refractivity contribution in [3.05, 3.63) is 57.8 Å². The van der Waals surface area contributed by atoms with E-state index in [1.54, 1.807) is 0 Å². The Kier molecular flexibility index (Phi) is 4.85. The number of aromatic hydroxyl groups is 1. The van der Waals surface area contributed by atoms with Crippen LogP contribution < -0.4 is 5.56 Å². The number of carbonyl (C=O) groups is 1. The molecule has 0 saturated heterocycles. The first kappa shape index (κ1) is 17.2. The van der Waals surface area contributed by atoms with Gasteiger partial charge in [0.15, 0.2) is 5.69 Å². The summed E-state index contributed by atoms with van der Waals surface area (Å²) in [6, 6.07) is 9.88. The topological polar surface area (TPSA) is 84.7 Å². The second kappa shape index (κ2) is 7.06. The zero-order valence-electron chi connectivity index (χ0n) is 14.3. The van der Waals surface area contributed by atoms with Gasteiger partial charge in [0, 0.05) is 13.1 Å². The van der Waals surface area contributed by atoms with Crippen molar-refractivity contribution < 1.29 is 14.6 Å². The van der Waals surface area contributed by atoms with Crippen molar-refractivity contribution in [3.63, 3.8) is 0 Å². The Balaban J connectivity index is 1.99. The summed E-state index contributed by atoms with van der Waals surface area (Å²) in [5.41, 5.74) is 0.235. The number of benzene rings is 1. The van der Waals surface area contributed by atoms with Crippen LogP contribution in [-0.4, -0.2) is 39.7 Å². The molecule has 0 amide bonds. The molecule has 0 radical (unpaired) electrons. The smallest absolute Gasteiger partial charge is 0.360 e. The van der Waals surface area contributed by atoms with Crippen LogP contribution in [0.3, 0.4) is 0 Å². The van der Waals surface area contributed by atoms with Crippen molar-refractivity contribution >= 4 is 5.97 Å². The van der Waals surface area contributed by atoms with E-state index < -0.39 is 17.3 Å². The number of fused-ring (bicyclic) bond motifs is 1. The molecule has 0 aliphatic carbocycles. The number of aromatic nitrogens is 2. The minimum atomic E-state index is -0.812. The normalized spacial score (nSPS) is 16.5. The quantitative estimate of drug-likeness (QED) is 0.851. The van der Waals surface area contributed by atoms with E-state index in [2.05, 4.69) is 14.6 Å². The zero-order chi connectivity index (χ0) is 18.0. The highest BCUT2D eigenvalue weighted by Crippen LogP contribution is 2.29. The van der Waals surface area contributed by atoms with Crippen LogP contribution in [0.25, 0.3) is 0 Å². The Bertz CT molecular complexity index is 832. The van der Waals surface area contributed by atoms with Crippen molar-refractivity contribution in [1.29, 1.82) is 0 Å². The van der Waals surface area contributed by atoms with Gasteiger partial charge >= 0.3 is 5.97 Å². The number of ether oxygens (including phenoxy) is 1. The van der Waals surface area contributed by atoms with Crippen LogP contribution in [0.5, 0.6) is 5.75 Å². The van der Waals surface area contributed by atoms with Gasteiger partial charge in [-0.05, 0) is 25.5 Å². The molecule has 2 aromatic rings. The molecule has 1 aromatic heterocycles. The summed E-state index contributed by atoms with van der Waals surface area (Å²) in [6.07, 6.45) is 1.62. The molecule has 0 spiro atoms. The van der Waals surface area contributed by atoms with Crippen LogP contribution in [0.2, 0.25) is 0 Å². The molecule has 0 fully saturated rings. The number of methoxy groups -OCH3 is 1. The van der Waals surface area contributed by atoms with E-state index in [1.807, 2.05) is 37.4 Å². The van der Waals surface area contributed by atoms with Crippen LogP contribution in [-0.2, 0) is 17.8 Å². The van der Waals surface area contributed by atoms with Gasteiger partial charge in [-0.3, -0.25) is 14.3 Å². The number of nitrogens with zero attached hydrogens (tertiary/aromatic N) is 3. The largest absolute Gasteiger partial charge is 0.501 e. The van der Waals surface area contributed by atoms with E-state index in [4.69, 9.17) is 0 Å². The van der Waals surface area contributed by atoms with Gasteiger partial charge in [0.2, 0.25) is 5.75 Å². The van der Waals surface area contributed by atoms with Gasteiger partial charge in [0.25, 0.3) is 5.56 Å². The molecular weight excluding hydrogens is 322 g/mol. The van der Waals surface area contributed by atoms with Gasteiger partial charge in [0.05, 0.1) is 13.2 Å². The number of hydrogen-bond donors (Lipinski definition) is 1. The fourth-order valence-electron chi connectivity index (χ4n) is 3.24. The standard InChI is InChI=1S/C18H21N3O4/c1-20(11-12-7-4-3-5-8-12)13-9-6-10-21-16(13)19-14(18(24)25-2)15(22)17(21)23/h3-5,7-8,13,22H,6,9-11H2,1-2H3. The fourth-order valence-corrected chi connectivity index (χ4v) is 3.24. The third-order valence-corrected chi connectivity index (χ3v) is 4.52. The van der Waals surface area contributed by atoms with Gasteiger partial charge in [-0.25, -0.2) is 9.78 Å². The molecule has 7 heteroatoms. The molecule has 1 unspecified atom stereocenters. The highest BCUT2D eigenvalue weighted by molar-refractivity contribution is 5.89. The summed E-state index contributed by atoms with van der Waals surface area (Å²) in [5, 5.41) is 10.0. The lowest BCUT2D eigenvalue weighted by atomic mass is 10.0. The maximum atomic E-state index is 12.4. The predicted molar refractivity (Wildman–Crippen MR) is 91.4 cm³/mol. The average molecular weight is 343 g/mol. The monoisotopic (exact) mass is 343 g/mol. The SMILES string of the molecule is COC(=O)c1nc2n(c(=O)c1O)CCCC2N(C)Cc1ccccc1. The van der Waals surface area contributed by atoms with Gasteiger partial charge in [-0.15, -0.1) is 0 Å². The van der Waals surface area contributed by atoms with E-state index in [0.29, 0.717) is 18.9 Å². The molecule has 0 saturated carbocycles. The Morgan fingerprint density at radius 3 is 2.80 bits per heavy atom. The molecular formula is C18H21N3O4. The van der Waals surface area contributed by atoms with Crippen LogP contribution >= 0.6 is 0 Å². The second-order valence-corrected chi connectivity index (χ2v) is 6.17. The Labute approximate surface area is 145 Å². The first-order valence-corrected chi connectivity index (χ1v) is 8.19. The third kappa shape index (κ3) is 3.28. The van der Waals surface area contributed by atoms with E-state index in [0.717, 1.165) is 18.4 Å². The molecule has 7 nitrogen and oxygen atoms in total. The lowest BCUT2D eigenvalue weighted by Crippen LogP contribution is -2.37. The predicted octanol–water partition coefficient (Wildman–Crippen LogP) is 1.70. The molecule has 0 bridgehead atoms. The van der Waals surface area contributed by atoms with Crippen LogP contribution in [0, 0.1) is 0 Å². The third-order valence-electron chi connectivity index (χ3n) is 4.52. The van der Waals surface area contributed by atoms with Crippen molar-refractivity contribution in [2.75, 3.05) is 14.2 Å². The number of esters is 1. The second-order valence-electron chi connectivity index (χ2n) is 6.17. The van der Waals surface area contributed by atoms with Crippen LogP contribution in [0.15, 0.2) is 35.1 Å². The minimum absolute atomic E-state index is 0.120. The van der Waals surface area contributed by atoms with E-state index >= 15 is 0 Å². The zero-order valence-corrected chi connectivity index (χ0v) is 14.3. The van der Waals surface area contributed by atoms with Crippen molar-refractivity contribution in [3.8, 4) is 5.75 Å². The lowest BCUT2D eigenvalue weighted by molar-refractivity contribution is 0.0587. The molecule has 1 aliphatic heterocycles. The Hall–Kier alpha value is -2.67. The van der Waals surface area contributed by atoms with Gasteiger partial charge in [0.1, 0.15) is 5.82 Å². The van der Waals surface area contributed by atoms with Gasteiger partial charge < -0.3 is 9.84 Å². The highest BCUT2D eigenvalue weighted by atomic mass is 16.5. The average Bonchev–Trinajstić information content (AvgIpc) is 2.64. The van der Waals surface area contributed by atoms with Gasteiger partial charge in [-0.1, -0.05) is 30.3 Å². The van der Waals surface area contributed by atoms with Crippen LogP contribution in [0.1, 0.15) is 40.8 Å². The fraction of sp³-hybridized carbons (Fsp3) is 0.389. The van der Waals surface area contributed by atoms with Crippen molar-refractivity contribution in [2.24, 2.45) is 0 Å². The summed E-state index contributed by atoms with van der Waals surface area (Å²) in [4.78, 5) is 30.6. The van der Waals surface area contributed by atoms with Crippen LogP contribution in [0.4, 0.5) is 0 Å². The van der Waals surface area contributed by atoms with E-state index in [1.165, 1.54) is 11.7 Å². The molecule has 3 rings (SSSR count).